The van der Waals surface area contributed by atoms with E-state index in [4.69, 9.17) is 9.47 Å². The van der Waals surface area contributed by atoms with Crippen molar-refractivity contribution in [2.24, 2.45) is 0 Å². The molecule has 0 spiro atoms. The molecule has 5 heteroatoms. The lowest BCUT2D eigenvalue weighted by molar-refractivity contribution is -0.0934. The molecule has 1 aliphatic rings. The second-order valence-corrected chi connectivity index (χ2v) is 3.64. The molecule has 1 unspecified atom stereocenters. The lowest BCUT2D eigenvalue weighted by Gasteiger charge is -2.23. The quantitative estimate of drug-likeness (QED) is 0.753. The number of anilines is 1. The van der Waals surface area contributed by atoms with Crippen molar-refractivity contribution >= 4 is 5.95 Å². The summed E-state index contributed by atoms with van der Waals surface area (Å²) in [5, 5.41) is 3.17. The van der Waals surface area contributed by atoms with Gasteiger partial charge in [0, 0.05) is 18.9 Å². The average molecular weight is 223 g/mol. The topological polar surface area (TPSA) is 48.3 Å². The lowest BCUT2D eigenvalue weighted by Crippen LogP contribution is -2.32. The van der Waals surface area contributed by atoms with E-state index in [1.807, 2.05) is 10.8 Å². The largest absolute Gasteiger partial charge is 0.376 e. The van der Waals surface area contributed by atoms with Gasteiger partial charge in [-0.3, -0.25) is 0 Å². The first-order chi connectivity index (χ1) is 7.90. The van der Waals surface area contributed by atoms with Gasteiger partial charge < -0.3 is 19.4 Å². The van der Waals surface area contributed by atoms with Crippen LogP contribution in [-0.4, -0.2) is 42.0 Å². The third kappa shape index (κ3) is 2.84. The smallest absolute Gasteiger partial charge is 0.203 e. The molecule has 1 atom stereocenters. The molecule has 1 aliphatic heterocycles. The summed E-state index contributed by atoms with van der Waals surface area (Å²) in [5.41, 5.74) is 0. The highest BCUT2D eigenvalue weighted by molar-refractivity contribution is 5.26. The van der Waals surface area contributed by atoms with Crippen LogP contribution >= 0.6 is 0 Å². The van der Waals surface area contributed by atoms with E-state index in [1.54, 1.807) is 12.3 Å². The first-order valence-electron chi connectivity index (χ1n) is 5.45. The van der Waals surface area contributed by atoms with Gasteiger partial charge in [0.25, 0.3) is 0 Å². The summed E-state index contributed by atoms with van der Waals surface area (Å²) in [6.45, 7) is 7.16. The number of nitrogens with one attached hydrogen (secondary N) is 1. The van der Waals surface area contributed by atoms with Crippen molar-refractivity contribution in [1.82, 2.24) is 9.55 Å². The Hall–Kier alpha value is -1.33. The maximum Gasteiger partial charge on any atom is 0.203 e. The normalized spacial score (nSPS) is 20.6. The van der Waals surface area contributed by atoms with E-state index in [2.05, 4.69) is 16.9 Å². The van der Waals surface area contributed by atoms with Crippen LogP contribution in [0.15, 0.2) is 25.0 Å². The van der Waals surface area contributed by atoms with Gasteiger partial charge in [0.15, 0.2) is 0 Å². The van der Waals surface area contributed by atoms with Crippen molar-refractivity contribution in [3.63, 3.8) is 0 Å². The highest BCUT2D eigenvalue weighted by Crippen LogP contribution is 2.09. The number of aromatic nitrogens is 2. The van der Waals surface area contributed by atoms with Crippen LogP contribution in [0, 0.1) is 0 Å². The highest BCUT2D eigenvalue weighted by atomic mass is 16.6. The zero-order valence-corrected chi connectivity index (χ0v) is 9.26. The second kappa shape index (κ2) is 5.67. The van der Waals surface area contributed by atoms with Gasteiger partial charge >= 0.3 is 0 Å². The van der Waals surface area contributed by atoms with Crippen LogP contribution in [0.5, 0.6) is 0 Å². The minimum atomic E-state index is 0.118. The Bertz CT molecular complexity index is 332. The van der Waals surface area contributed by atoms with Crippen LogP contribution in [0.3, 0.4) is 0 Å². The standard InChI is InChI=1S/C11H17N3O2/c1-2-3-12-11-13-4-5-14(11)8-10-9-15-6-7-16-10/h2,4-5,10H,1,3,6-9H2,(H,12,13). The summed E-state index contributed by atoms with van der Waals surface area (Å²) in [6.07, 6.45) is 5.63. The van der Waals surface area contributed by atoms with Crippen LogP contribution in [0.4, 0.5) is 5.95 Å². The number of hydrogen-bond donors (Lipinski definition) is 1. The summed E-state index contributed by atoms with van der Waals surface area (Å²) < 4.78 is 13.0. The molecule has 2 rings (SSSR count). The molecule has 0 saturated carbocycles. The molecule has 16 heavy (non-hydrogen) atoms. The van der Waals surface area contributed by atoms with Gasteiger partial charge in [-0.05, 0) is 0 Å². The minimum Gasteiger partial charge on any atom is -0.376 e. The monoisotopic (exact) mass is 223 g/mol. The Labute approximate surface area is 95.1 Å². The molecule has 1 saturated heterocycles. The molecule has 0 bridgehead atoms. The number of imidazole rings is 1. The van der Waals surface area contributed by atoms with Gasteiger partial charge in [-0.2, -0.15) is 0 Å². The molecule has 1 aromatic heterocycles. The Morgan fingerprint density at radius 1 is 1.62 bits per heavy atom. The molecule has 1 aromatic rings. The molecule has 0 aliphatic carbocycles. The van der Waals surface area contributed by atoms with Crippen molar-refractivity contribution in [1.29, 1.82) is 0 Å². The number of ether oxygens (including phenoxy) is 2. The number of nitrogens with zero attached hydrogens (tertiary/aromatic N) is 2. The van der Waals surface area contributed by atoms with E-state index in [0.29, 0.717) is 26.4 Å². The van der Waals surface area contributed by atoms with Crippen LogP contribution in [0.1, 0.15) is 0 Å². The fraction of sp³-hybridized carbons (Fsp3) is 0.545. The lowest BCUT2D eigenvalue weighted by atomic mass is 10.3. The van der Waals surface area contributed by atoms with Gasteiger partial charge in [0.2, 0.25) is 5.95 Å². The van der Waals surface area contributed by atoms with E-state index < -0.39 is 0 Å². The average Bonchev–Trinajstić information content (AvgIpc) is 2.75. The van der Waals surface area contributed by atoms with Gasteiger partial charge in [-0.15, -0.1) is 6.58 Å². The molecule has 88 valence electrons. The SMILES string of the molecule is C=CCNc1nccn1CC1COCCO1. The Morgan fingerprint density at radius 3 is 3.31 bits per heavy atom. The first-order valence-corrected chi connectivity index (χ1v) is 5.45. The maximum atomic E-state index is 5.59. The molecule has 1 fully saturated rings. The van der Waals surface area contributed by atoms with Crippen LogP contribution in [-0.2, 0) is 16.0 Å². The van der Waals surface area contributed by atoms with Crippen LogP contribution < -0.4 is 5.32 Å². The van der Waals surface area contributed by atoms with Crippen molar-refractivity contribution in [3.8, 4) is 0 Å². The van der Waals surface area contributed by atoms with E-state index in [-0.39, 0.29) is 6.10 Å². The molecule has 0 amide bonds. The van der Waals surface area contributed by atoms with E-state index >= 15 is 0 Å². The van der Waals surface area contributed by atoms with Crippen LogP contribution in [0.25, 0.3) is 0 Å². The first kappa shape index (κ1) is 11.2. The molecular formula is C11H17N3O2. The van der Waals surface area contributed by atoms with Crippen molar-refractivity contribution < 1.29 is 9.47 Å². The summed E-state index contributed by atoms with van der Waals surface area (Å²) in [4.78, 5) is 4.23. The van der Waals surface area contributed by atoms with Gasteiger partial charge in [0.05, 0.1) is 32.5 Å². The van der Waals surface area contributed by atoms with Crippen molar-refractivity contribution in [2.75, 3.05) is 31.7 Å². The zero-order chi connectivity index (χ0) is 11.2. The second-order valence-electron chi connectivity index (χ2n) is 3.64. The van der Waals surface area contributed by atoms with Gasteiger partial charge in [0.1, 0.15) is 0 Å². The molecule has 1 N–H and O–H groups in total. The Kier molecular flexibility index (Phi) is 3.96. The van der Waals surface area contributed by atoms with E-state index in [1.165, 1.54) is 0 Å². The molecule has 0 aromatic carbocycles. The fourth-order valence-corrected chi connectivity index (χ4v) is 1.65. The van der Waals surface area contributed by atoms with Crippen LogP contribution in [0.2, 0.25) is 0 Å². The fourth-order valence-electron chi connectivity index (χ4n) is 1.65. The predicted octanol–water partition coefficient (Wildman–Crippen LogP) is 0.896. The van der Waals surface area contributed by atoms with Crippen molar-refractivity contribution in [2.45, 2.75) is 12.6 Å². The number of hydrogen-bond acceptors (Lipinski definition) is 4. The summed E-state index contributed by atoms with van der Waals surface area (Å²) in [5.74, 6) is 0.842. The zero-order valence-electron chi connectivity index (χ0n) is 9.26. The minimum absolute atomic E-state index is 0.118. The predicted molar refractivity (Wildman–Crippen MR) is 61.5 cm³/mol. The molecule has 0 radical (unpaired) electrons. The maximum absolute atomic E-state index is 5.59. The van der Waals surface area contributed by atoms with E-state index in [0.717, 1.165) is 12.5 Å². The highest BCUT2D eigenvalue weighted by Gasteiger charge is 2.15. The third-order valence-electron chi connectivity index (χ3n) is 2.41. The third-order valence-corrected chi connectivity index (χ3v) is 2.41. The van der Waals surface area contributed by atoms with Gasteiger partial charge in [-0.1, -0.05) is 6.08 Å². The molecule has 5 nitrogen and oxygen atoms in total. The summed E-state index contributed by atoms with van der Waals surface area (Å²) in [7, 11) is 0. The molecule has 2 heterocycles. The van der Waals surface area contributed by atoms with Crippen molar-refractivity contribution in [3.05, 3.63) is 25.0 Å². The van der Waals surface area contributed by atoms with E-state index in [9.17, 15) is 0 Å². The Balaban J connectivity index is 1.91. The van der Waals surface area contributed by atoms with Gasteiger partial charge in [-0.25, -0.2) is 4.98 Å². The molecular weight excluding hydrogens is 206 g/mol. The Morgan fingerprint density at radius 2 is 2.56 bits per heavy atom. The number of rotatable bonds is 5. The summed E-state index contributed by atoms with van der Waals surface area (Å²) in [6, 6.07) is 0. The summed E-state index contributed by atoms with van der Waals surface area (Å²) >= 11 is 0.